The molecule has 302 valence electrons. The van der Waals surface area contributed by atoms with Gasteiger partial charge < -0.3 is 41.9 Å². The van der Waals surface area contributed by atoms with Crippen molar-refractivity contribution in [3.63, 3.8) is 0 Å². The molecule has 0 spiro atoms. The molecule has 1 aromatic carbocycles. The number of hydrogen-bond acceptors (Lipinski definition) is 9. The van der Waals surface area contributed by atoms with Crippen LogP contribution < -0.4 is 27.0 Å². The van der Waals surface area contributed by atoms with Crippen molar-refractivity contribution >= 4 is 46.3 Å². The summed E-state index contributed by atoms with van der Waals surface area (Å²) >= 11 is 0. The molecule has 2 aromatic heterocycles. The molecule has 0 radical (unpaired) electrons. The van der Waals surface area contributed by atoms with Gasteiger partial charge in [0.2, 0.25) is 29.5 Å². The smallest absolute Gasteiger partial charge is 0.252 e. The highest BCUT2D eigenvalue weighted by molar-refractivity contribution is 6.06. The van der Waals surface area contributed by atoms with E-state index in [-0.39, 0.29) is 25.8 Å². The van der Waals surface area contributed by atoms with Crippen molar-refractivity contribution in [1.29, 1.82) is 0 Å². The number of benzene rings is 1. The number of hydrogen-bond donors (Lipinski definition) is 7. The summed E-state index contributed by atoms with van der Waals surface area (Å²) in [4.78, 5) is 101. The van der Waals surface area contributed by atoms with Crippen LogP contribution in [-0.4, -0.2) is 116 Å². The molecule has 6 amide bonds. The molecule has 3 aliphatic heterocycles. The zero-order valence-corrected chi connectivity index (χ0v) is 32.4. The van der Waals surface area contributed by atoms with Crippen LogP contribution in [0.5, 0.6) is 0 Å². The van der Waals surface area contributed by atoms with Crippen LogP contribution in [0.1, 0.15) is 82.9 Å². The molecule has 3 aromatic rings. The third-order valence-electron chi connectivity index (χ3n) is 11.6. The Bertz CT molecular complexity index is 1860. The summed E-state index contributed by atoms with van der Waals surface area (Å²) in [6.07, 6.45) is 9.42. The normalized spacial score (nSPS) is 26.2. The van der Waals surface area contributed by atoms with E-state index in [2.05, 4.69) is 36.2 Å². The first kappa shape index (κ1) is 40.6. The average molecular weight is 773 g/mol. The molecule has 16 heteroatoms. The summed E-state index contributed by atoms with van der Waals surface area (Å²) in [6.45, 7) is 4.86. The van der Waals surface area contributed by atoms with Crippen molar-refractivity contribution in [1.82, 2.24) is 46.0 Å². The Morgan fingerprint density at radius 3 is 2.45 bits per heavy atom. The van der Waals surface area contributed by atoms with Gasteiger partial charge in [-0.15, -0.1) is 0 Å². The number of H-pyrrole nitrogens is 2. The standard InChI is InChI=1S/C40H56N10O6/c1-3-24(2)34-40(56)50(39(55)29-13-7-9-17-43-29)33(14-6-8-16-41)37(53)47-31(20-26-22-42-23-45-26)38(54)49-18-10-15-32(49)36(52)46-30(35(51)48-34)19-25-21-44-28-12-5-4-11-27(25)28/h4-5,11-12,21-24,29-34,43-44H,3,6-10,13-20,41H2,1-2H3,(H,42,45)(H,46,52)(H,47,53)(H,48,51)/t24-,29+,30+,31+,32-,33-,34-/m0/s1. The third kappa shape index (κ3) is 9.13. The van der Waals surface area contributed by atoms with Crippen LogP contribution in [0.4, 0.5) is 0 Å². The van der Waals surface area contributed by atoms with Crippen molar-refractivity contribution in [2.75, 3.05) is 19.6 Å². The van der Waals surface area contributed by atoms with Crippen LogP contribution in [0, 0.1) is 5.92 Å². The zero-order chi connectivity index (χ0) is 39.8. The first-order chi connectivity index (χ1) is 27.1. The highest BCUT2D eigenvalue weighted by Crippen LogP contribution is 2.25. The molecule has 0 saturated carbocycles. The third-order valence-corrected chi connectivity index (χ3v) is 11.6. The number of aromatic nitrogens is 3. The van der Waals surface area contributed by atoms with E-state index in [9.17, 15) is 24.0 Å². The van der Waals surface area contributed by atoms with Gasteiger partial charge in [0.05, 0.1) is 12.4 Å². The molecular formula is C40H56N10O6. The Kier molecular flexibility index (Phi) is 13.5. The van der Waals surface area contributed by atoms with E-state index in [1.54, 1.807) is 12.4 Å². The Morgan fingerprint density at radius 1 is 0.911 bits per heavy atom. The maximum absolute atomic E-state index is 15.1. The fraction of sp³-hybridized carbons (Fsp3) is 0.575. The van der Waals surface area contributed by atoms with Gasteiger partial charge in [0.1, 0.15) is 30.2 Å². The SMILES string of the molecule is CC[C@H](C)[C@@H]1NC(=O)[C@@H](Cc2c[nH]c3ccccc23)NC(=O)[C@@H]2CCCN2C(=O)[C@@H](Cc2cnc[nH]2)NC(=O)[C@H](CCCCN)N(C(=O)[C@H]2CCCCN2)C1=O. The first-order valence-corrected chi connectivity index (χ1v) is 20.1. The second-order valence-electron chi connectivity index (χ2n) is 15.4. The van der Waals surface area contributed by atoms with Gasteiger partial charge in [-0.2, -0.15) is 0 Å². The van der Waals surface area contributed by atoms with Gasteiger partial charge in [-0.05, 0) is 75.6 Å². The van der Waals surface area contributed by atoms with Crippen LogP contribution in [0.3, 0.4) is 0 Å². The summed E-state index contributed by atoms with van der Waals surface area (Å²) in [7, 11) is 0. The number of imide groups is 1. The second-order valence-corrected chi connectivity index (χ2v) is 15.4. The van der Waals surface area contributed by atoms with E-state index in [4.69, 9.17) is 5.73 Å². The Balaban J connectivity index is 1.46. The lowest BCUT2D eigenvalue weighted by atomic mass is 9.94. The number of unbranched alkanes of at least 4 members (excludes halogenated alkanes) is 1. The van der Waals surface area contributed by atoms with Gasteiger partial charge in [-0.1, -0.05) is 44.9 Å². The summed E-state index contributed by atoms with van der Waals surface area (Å²) in [5, 5.41) is 12.9. The number of aromatic amines is 2. The number of rotatable bonds is 11. The van der Waals surface area contributed by atoms with Crippen LogP contribution in [0.25, 0.3) is 10.9 Å². The monoisotopic (exact) mass is 772 g/mol. The van der Waals surface area contributed by atoms with E-state index in [1.807, 2.05) is 38.1 Å². The van der Waals surface area contributed by atoms with Crippen molar-refractivity contribution < 1.29 is 28.8 Å². The Hall–Kier alpha value is -5.09. The number of fused-ring (bicyclic) bond motifs is 2. The predicted octanol–water partition coefficient (Wildman–Crippen LogP) is 1.18. The summed E-state index contributed by atoms with van der Waals surface area (Å²) < 4.78 is 0. The molecule has 3 saturated heterocycles. The van der Waals surface area contributed by atoms with Crippen molar-refractivity contribution in [2.45, 2.75) is 121 Å². The number of amides is 6. The maximum atomic E-state index is 15.1. The van der Waals surface area contributed by atoms with E-state index in [0.29, 0.717) is 57.3 Å². The molecular weight excluding hydrogens is 717 g/mol. The van der Waals surface area contributed by atoms with Crippen molar-refractivity contribution in [3.8, 4) is 0 Å². The minimum absolute atomic E-state index is 0.0235. The molecule has 7 atom stereocenters. The number of para-hydroxylation sites is 1. The van der Waals surface area contributed by atoms with E-state index in [1.165, 1.54) is 11.2 Å². The van der Waals surface area contributed by atoms with Gasteiger partial charge in [0, 0.05) is 48.4 Å². The molecule has 0 bridgehead atoms. The lowest BCUT2D eigenvalue weighted by molar-refractivity contribution is -0.157. The number of carbonyl (C=O) groups is 6. The fourth-order valence-electron chi connectivity index (χ4n) is 8.18. The number of imidazole rings is 1. The van der Waals surface area contributed by atoms with E-state index in [0.717, 1.165) is 34.2 Å². The van der Waals surface area contributed by atoms with E-state index >= 15 is 4.79 Å². The van der Waals surface area contributed by atoms with Gasteiger partial charge in [-0.25, -0.2) is 4.98 Å². The highest BCUT2D eigenvalue weighted by atomic mass is 16.2. The average Bonchev–Trinajstić information content (AvgIpc) is 4.00. The summed E-state index contributed by atoms with van der Waals surface area (Å²) in [6, 6.07) is 1.15. The topological polar surface area (TPSA) is 228 Å². The molecule has 3 aliphatic rings. The van der Waals surface area contributed by atoms with Crippen molar-refractivity contribution in [2.24, 2.45) is 11.7 Å². The van der Waals surface area contributed by atoms with Gasteiger partial charge in [0.25, 0.3) is 5.91 Å². The number of nitrogens with one attached hydrogen (secondary N) is 6. The lowest BCUT2D eigenvalue weighted by Gasteiger charge is -2.37. The second kappa shape index (κ2) is 18.7. The van der Waals surface area contributed by atoms with Gasteiger partial charge >= 0.3 is 0 Å². The maximum Gasteiger partial charge on any atom is 0.252 e. The number of piperidine rings is 1. The number of nitrogens with zero attached hydrogens (tertiary/aromatic N) is 3. The van der Waals surface area contributed by atoms with Crippen molar-refractivity contribution in [3.05, 3.63) is 54.2 Å². The fourth-order valence-corrected chi connectivity index (χ4v) is 8.18. The first-order valence-electron chi connectivity index (χ1n) is 20.1. The molecule has 3 fully saturated rings. The van der Waals surface area contributed by atoms with Gasteiger partial charge in [-0.3, -0.25) is 33.7 Å². The molecule has 8 N–H and O–H groups in total. The largest absolute Gasteiger partial charge is 0.361 e. The lowest BCUT2D eigenvalue weighted by Crippen LogP contribution is -2.64. The zero-order valence-electron chi connectivity index (χ0n) is 32.4. The minimum Gasteiger partial charge on any atom is -0.361 e. The van der Waals surface area contributed by atoms with Crippen LogP contribution in [0.2, 0.25) is 0 Å². The molecule has 16 nitrogen and oxygen atoms in total. The predicted molar refractivity (Wildman–Crippen MR) is 208 cm³/mol. The molecule has 0 aliphatic carbocycles. The number of nitrogens with two attached hydrogens (primary N) is 1. The molecule has 5 heterocycles. The van der Waals surface area contributed by atoms with Gasteiger partial charge in [0.15, 0.2) is 0 Å². The van der Waals surface area contributed by atoms with Crippen LogP contribution in [-0.2, 0) is 41.6 Å². The Morgan fingerprint density at radius 2 is 1.71 bits per heavy atom. The summed E-state index contributed by atoms with van der Waals surface area (Å²) in [5.41, 5.74) is 8.08. The quantitative estimate of drug-likeness (QED) is 0.110. The van der Waals surface area contributed by atoms with Crippen LogP contribution >= 0.6 is 0 Å². The van der Waals surface area contributed by atoms with Crippen LogP contribution in [0.15, 0.2) is 43.0 Å². The minimum atomic E-state index is -1.31. The molecule has 56 heavy (non-hydrogen) atoms. The number of carbonyl (C=O) groups excluding carboxylic acids is 6. The molecule has 0 unspecified atom stereocenters. The van der Waals surface area contributed by atoms with E-state index < -0.39 is 77.6 Å². The summed E-state index contributed by atoms with van der Waals surface area (Å²) in [5.74, 6) is -4.04. The Labute approximate surface area is 326 Å². The molecule has 6 rings (SSSR count). The highest BCUT2D eigenvalue weighted by Gasteiger charge is 2.45.